The maximum absolute atomic E-state index is 11.7. The maximum atomic E-state index is 11.7. The summed E-state index contributed by atoms with van der Waals surface area (Å²) in [6.45, 7) is 0. The second kappa shape index (κ2) is 13.6. The minimum atomic E-state index is -1.29. The first kappa shape index (κ1) is 29.5. The third-order valence-electron chi connectivity index (χ3n) is 4.38. The monoisotopic (exact) mass is 922 g/mol. The molecule has 0 aliphatic heterocycles. The predicted molar refractivity (Wildman–Crippen MR) is 155 cm³/mol. The van der Waals surface area contributed by atoms with E-state index in [9.17, 15) is 29.7 Å². The smallest absolute Gasteiger partial charge is 0.322 e. The number of carbonyl (C=O) groups is 3. The number of phenolic OH excluding ortho intramolecular Hbond substituents is 1. The third-order valence-corrected chi connectivity index (χ3v) is 7.63. The largest absolute Gasteiger partial charge is 0.506 e. The molecule has 2 atom stereocenters. The highest BCUT2D eigenvalue weighted by atomic mass is 127. The zero-order chi connectivity index (χ0) is 25.6. The van der Waals surface area contributed by atoms with Gasteiger partial charge >= 0.3 is 17.9 Å². The molecule has 1 unspecified atom stereocenters. The molecule has 0 aromatic heterocycles. The molecule has 0 fully saturated rings. The number of halogens is 4. The van der Waals surface area contributed by atoms with Crippen LogP contribution in [0.4, 0.5) is 0 Å². The summed E-state index contributed by atoms with van der Waals surface area (Å²) in [6.07, 6.45) is -0.545. The average Bonchev–Trinajstić information content (AvgIpc) is 2.72. The van der Waals surface area contributed by atoms with Gasteiger partial charge in [0.05, 0.1) is 14.3 Å². The molecule has 2 rings (SSSR count). The summed E-state index contributed by atoms with van der Waals surface area (Å²) in [4.78, 5) is 33.8. The van der Waals surface area contributed by atoms with Crippen LogP contribution in [0, 0.1) is 14.3 Å². The number of phenols is 1. The van der Waals surface area contributed by atoms with Gasteiger partial charge in [0, 0.05) is 6.42 Å². The first-order valence-electron chi connectivity index (χ1n) is 9.41. The lowest BCUT2D eigenvalue weighted by Gasteiger charge is -2.20. The summed E-state index contributed by atoms with van der Waals surface area (Å²) < 4.78 is 8.78. The molecular weight excluding hydrogens is 904 g/mol. The van der Waals surface area contributed by atoms with Gasteiger partial charge in [0.15, 0.2) is 5.75 Å². The number of hydrazine groups is 1. The third kappa shape index (κ3) is 8.75. The van der Waals surface area contributed by atoms with Crippen LogP contribution in [-0.4, -0.2) is 50.4 Å². The van der Waals surface area contributed by atoms with E-state index in [4.69, 9.17) is 9.84 Å². The van der Waals surface area contributed by atoms with Crippen LogP contribution in [-0.2, 0) is 20.8 Å². The molecule has 2 aromatic rings. The fourth-order valence-electron chi connectivity index (χ4n) is 2.71. The van der Waals surface area contributed by atoms with Gasteiger partial charge < -0.3 is 25.2 Å². The number of aromatic hydroxyl groups is 1. The number of ether oxygens (including phenoxy) is 1. The Morgan fingerprint density at radius 1 is 0.824 bits per heavy atom. The van der Waals surface area contributed by atoms with E-state index >= 15 is 0 Å². The second-order valence-electron chi connectivity index (χ2n) is 6.93. The summed E-state index contributed by atoms with van der Waals surface area (Å²) in [5.41, 5.74) is 5.60. The fourth-order valence-corrected chi connectivity index (χ4v) is 6.54. The van der Waals surface area contributed by atoms with Crippen LogP contribution in [0.15, 0.2) is 24.3 Å². The van der Waals surface area contributed by atoms with E-state index in [-0.39, 0.29) is 25.0 Å². The standard InChI is InChI=1S/C20H18I4N2O8/c21-10-6-9(7-11(22)17(10)29)34-18-12(23)3-8(4-13(18)24)5-15(20(32)33)26-25-14(19(30)31)1-2-16(27)28/h3-4,6-7,14-15,25-26,29H,1-2,5H2,(H,27,28)(H,30,31)(H,32,33)/t14?,15-/m0/s1. The van der Waals surface area contributed by atoms with Crippen molar-refractivity contribution in [2.45, 2.75) is 31.3 Å². The molecule has 0 bridgehead atoms. The van der Waals surface area contributed by atoms with Crippen LogP contribution >= 0.6 is 90.4 Å². The number of nitrogens with one attached hydrogen (secondary N) is 2. The van der Waals surface area contributed by atoms with Crippen LogP contribution in [0.5, 0.6) is 17.2 Å². The number of carboxylic acid groups (broad SMARTS) is 3. The first-order valence-corrected chi connectivity index (χ1v) is 13.7. The Morgan fingerprint density at radius 2 is 1.32 bits per heavy atom. The molecule has 0 spiro atoms. The van der Waals surface area contributed by atoms with E-state index in [1.54, 1.807) is 24.3 Å². The lowest BCUT2D eigenvalue weighted by molar-refractivity contribution is -0.144. The number of aliphatic carboxylic acids is 3. The van der Waals surface area contributed by atoms with Crippen molar-refractivity contribution in [1.82, 2.24) is 10.9 Å². The van der Waals surface area contributed by atoms with Crippen LogP contribution < -0.4 is 15.6 Å². The number of rotatable bonds is 12. The van der Waals surface area contributed by atoms with Crippen molar-refractivity contribution in [1.29, 1.82) is 0 Å². The Morgan fingerprint density at radius 3 is 1.79 bits per heavy atom. The maximum Gasteiger partial charge on any atom is 0.322 e. The van der Waals surface area contributed by atoms with Gasteiger partial charge in [-0.25, -0.2) is 10.9 Å². The molecule has 0 saturated heterocycles. The number of carboxylic acids is 3. The van der Waals surface area contributed by atoms with Gasteiger partial charge in [0.1, 0.15) is 23.6 Å². The van der Waals surface area contributed by atoms with Gasteiger partial charge in [-0.15, -0.1) is 0 Å². The van der Waals surface area contributed by atoms with Crippen molar-refractivity contribution in [2.24, 2.45) is 0 Å². The molecule has 6 N–H and O–H groups in total. The molecule has 0 amide bonds. The van der Waals surface area contributed by atoms with Gasteiger partial charge in [-0.1, -0.05) is 0 Å². The van der Waals surface area contributed by atoms with E-state index in [2.05, 4.69) is 56.0 Å². The quantitative estimate of drug-likeness (QED) is 0.136. The Balaban J connectivity index is 2.16. The highest BCUT2D eigenvalue weighted by Gasteiger charge is 2.24. The normalized spacial score (nSPS) is 12.7. The molecule has 0 heterocycles. The number of hydrogen-bond acceptors (Lipinski definition) is 7. The van der Waals surface area contributed by atoms with Gasteiger partial charge in [-0.2, -0.15) is 0 Å². The highest BCUT2D eigenvalue weighted by molar-refractivity contribution is 14.1. The van der Waals surface area contributed by atoms with Crippen molar-refractivity contribution >= 4 is 108 Å². The summed E-state index contributed by atoms with van der Waals surface area (Å²) in [6, 6.07) is 4.53. The Kier molecular flexibility index (Phi) is 11.8. The molecular formula is C20H18I4N2O8. The van der Waals surface area contributed by atoms with Crippen molar-refractivity contribution < 1.29 is 39.5 Å². The molecule has 0 aliphatic rings. The van der Waals surface area contributed by atoms with Gasteiger partial charge in [0.2, 0.25) is 0 Å². The first-order chi connectivity index (χ1) is 15.9. The lowest BCUT2D eigenvalue weighted by atomic mass is 10.1. The molecule has 14 heteroatoms. The van der Waals surface area contributed by atoms with E-state index < -0.39 is 30.0 Å². The van der Waals surface area contributed by atoms with E-state index in [0.717, 1.165) is 7.14 Å². The van der Waals surface area contributed by atoms with E-state index in [0.29, 0.717) is 24.2 Å². The Labute approximate surface area is 248 Å². The van der Waals surface area contributed by atoms with Crippen molar-refractivity contribution in [3.05, 3.63) is 44.1 Å². The van der Waals surface area contributed by atoms with Crippen molar-refractivity contribution in [3.8, 4) is 17.2 Å². The zero-order valence-corrected chi connectivity index (χ0v) is 25.6. The fraction of sp³-hybridized carbons (Fsp3) is 0.250. The molecule has 184 valence electrons. The molecule has 34 heavy (non-hydrogen) atoms. The minimum Gasteiger partial charge on any atom is -0.506 e. The van der Waals surface area contributed by atoms with Crippen LogP contribution in [0.25, 0.3) is 0 Å². The number of hydrogen-bond donors (Lipinski definition) is 6. The van der Waals surface area contributed by atoms with Crippen LogP contribution in [0.1, 0.15) is 18.4 Å². The van der Waals surface area contributed by atoms with Gasteiger partial charge in [-0.05, 0) is 133 Å². The summed E-state index contributed by atoms with van der Waals surface area (Å²) in [7, 11) is 0. The van der Waals surface area contributed by atoms with Crippen LogP contribution in [0.2, 0.25) is 0 Å². The lowest BCUT2D eigenvalue weighted by Crippen LogP contribution is -2.53. The Hall–Kier alpha value is -0.710. The number of benzene rings is 2. The molecule has 0 aliphatic carbocycles. The summed E-state index contributed by atoms with van der Waals surface area (Å²) >= 11 is 8.19. The minimum absolute atomic E-state index is 0.0366. The summed E-state index contributed by atoms with van der Waals surface area (Å²) in [5.74, 6) is -2.32. The highest BCUT2D eigenvalue weighted by Crippen LogP contribution is 2.37. The van der Waals surface area contributed by atoms with Crippen molar-refractivity contribution in [2.75, 3.05) is 0 Å². The van der Waals surface area contributed by atoms with E-state index in [1.165, 1.54) is 0 Å². The van der Waals surface area contributed by atoms with Gasteiger partial charge in [0.25, 0.3) is 0 Å². The van der Waals surface area contributed by atoms with Gasteiger partial charge in [-0.3, -0.25) is 14.4 Å². The molecule has 10 nitrogen and oxygen atoms in total. The molecule has 0 saturated carbocycles. The molecule has 0 radical (unpaired) electrons. The predicted octanol–water partition coefficient (Wildman–Crippen LogP) is 4.01. The molecule has 2 aromatic carbocycles. The van der Waals surface area contributed by atoms with E-state index in [1.807, 2.05) is 45.2 Å². The summed E-state index contributed by atoms with van der Waals surface area (Å²) in [5, 5.41) is 37.5. The topological polar surface area (TPSA) is 165 Å². The Bertz CT molecular complexity index is 1050. The van der Waals surface area contributed by atoms with Crippen molar-refractivity contribution in [3.63, 3.8) is 0 Å². The zero-order valence-electron chi connectivity index (χ0n) is 17.0. The average molecular weight is 922 g/mol. The van der Waals surface area contributed by atoms with Crippen LogP contribution in [0.3, 0.4) is 0 Å². The second-order valence-corrected chi connectivity index (χ2v) is 11.6. The SMILES string of the molecule is O=C(O)CCC(NN[C@@H](Cc1cc(I)c(Oc2cc(I)c(O)c(I)c2)c(I)c1)C(=O)O)C(=O)O.